The Kier molecular flexibility index (Phi) is 5.42. The number of rotatable bonds is 5. The van der Waals surface area contributed by atoms with E-state index in [-0.39, 0.29) is 18.2 Å². The quantitative estimate of drug-likeness (QED) is 0.296. The van der Waals surface area contributed by atoms with E-state index < -0.39 is 23.0 Å². The molecule has 0 unspecified atom stereocenters. The largest absolute Gasteiger partial charge is 0.508 e. The predicted octanol–water partition coefficient (Wildman–Crippen LogP) is 2.35. The Bertz CT molecular complexity index is 844. The molecule has 0 atom stereocenters. The molecule has 2 aromatic rings. The van der Waals surface area contributed by atoms with Crippen LogP contribution in [0.5, 0.6) is 0 Å². The highest BCUT2D eigenvalue weighted by Gasteiger charge is 2.16. The highest BCUT2D eigenvalue weighted by molar-refractivity contribution is 6.19. The van der Waals surface area contributed by atoms with E-state index in [0.29, 0.717) is 5.65 Å². The highest BCUT2D eigenvalue weighted by atomic mass is 35.5. The zero-order valence-corrected chi connectivity index (χ0v) is 12.9. The molecule has 0 saturated carbocycles. The van der Waals surface area contributed by atoms with Gasteiger partial charge in [0.15, 0.2) is 5.69 Å². The van der Waals surface area contributed by atoms with Crippen molar-refractivity contribution in [1.29, 1.82) is 0 Å². The SMILES string of the molecule is CCOC(=O)/C(N=Nc1cnc2ccccn2c1=O)=C(/O)CCl. The van der Waals surface area contributed by atoms with Gasteiger partial charge in [0, 0.05) is 6.20 Å². The molecule has 0 bridgehead atoms. The smallest absolute Gasteiger partial charge is 0.362 e. The van der Waals surface area contributed by atoms with E-state index in [1.165, 1.54) is 16.8 Å². The van der Waals surface area contributed by atoms with Crippen LogP contribution in [0.4, 0.5) is 5.69 Å². The molecule has 2 heterocycles. The van der Waals surface area contributed by atoms with E-state index in [4.69, 9.17) is 16.3 Å². The van der Waals surface area contributed by atoms with Crippen molar-refractivity contribution >= 4 is 28.9 Å². The number of carbonyl (C=O) groups is 1. The van der Waals surface area contributed by atoms with Gasteiger partial charge in [0.05, 0.1) is 18.7 Å². The number of azo groups is 1. The van der Waals surface area contributed by atoms with E-state index in [0.717, 1.165) is 0 Å². The molecule has 0 spiro atoms. The van der Waals surface area contributed by atoms with E-state index in [9.17, 15) is 14.7 Å². The summed E-state index contributed by atoms with van der Waals surface area (Å²) < 4.78 is 6.03. The van der Waals surface area contributed by atoms with Gasteiger partial charge in [-0.05, 0) is 19.1 Å². The van der Waals surface area contributed by atoms with Gasteiger partial charge in [-0.15, -0.1) is 21.8 Å². The molecule has 2 rings (SSSR count). The van der Waals surface area contributed by atoms with Crippen LogP contribution in [0.3, 0.4) is 0 Å². The highest BCUT2D eigenvalue weighted by Crippen LogP contribution is 2.13. The standard InChI is InChI=1S/C14H13ClN4O4/c1-2-23-14(22)12(10(20)7-15)18-17-9-8-16-11-5-3-4-6-19(11)13(9)21/h3-6,8,20H,2,7H2,1H3/b12-10-,18-17?. The molecule has 0 fully saturated rings. The lowest BCUT2D eigenvalue weighted by atomic mass is 10.4. The van der Waals surface area contributed by atoms with Crippen molar-refractivity contribution in [2.24, 2.45) is 10.2 Å². The second-order valence-corrected chi connectivity index (χ2v) is 4.49. The van der Waals surface area contributed by atoms with Crippen LogP contribution in [-0.4, -0.2) is 32.9 Å². The molecular weight excluding hydrogens is 324 g/mol. The van der Waals surface area contributed by atoms with Gasteiger partial charge in [0.25, 0.3) is 5.56 Å². The Morgan fingerprint density at radius 3 is 2.96 bits per heavy atom. The summed E-state index contributed by atoms with van der Waals surface area (Å²) in [5.74, 6) is -1.73. The lowest BCUT2D eigenvalue weighted by Gasteiger charge is -2.03. The summed E-state index contributed by atoms with van der Waals surface area (Å²) in [7, 11) is 0. The zero-order chi connectivity index (χ0) is 16.8. The number of hydrogen-bond acceptors (Lipinski definition) is 7. The van der Waals surface area contributed by atoms with Gasteiger partial charge in [-0.1, -0.05) is 6.07 Å². The average Bonchev–Trinajstić information content (AvgIpc) is 2.57. The molecule has 0 aliphatic rings. The minimum Gasteiger partial charge on any atom is -0.508 e. The van der Waals surface area contributed by atoms with Gasteiger partial charge < -0.3 is 9.84 Å². The van der Waals surface area contributed by atoms with Crippen molar-refractivity contribution in [2.75, 3.05) is 12.5 Å². The first-order valence-corrected chi connectivity index (χ1v) is 7.15. The molecule has 0 aromatic carbocycles. The van der Waals surface area contributed by atoms with E-state index in [1.807, 2.05) is 0 Å². The van der Waals surface area contributed by atoms with Crippen LogP contribution < -0.4 is 5.56 Å². The number of esters is 1. The van der Waals surface area contributed by atoms with Crippen molar-refractivity contribution in [1.82, 2.24) is 9.38 Å². The van der Waals surface area contributed by atoms with Crippen molar-refractivity contribution in [3.63, 3.8) is 0 Å². The number of nitrogens with zero attached hydrogens (tertiary/aromatic N) is 4. The summed E-state index contributed by atoms with van der Waals surface area (Å²) in [6, 6.07) is 5.06. The molecule has 2 aromatic heterocycles. The summed E-state index contributed by atoms with van der Waals surface area (Å²) in [6.07, 6.45) is 2.75. The van der Waals surface area contributed by atoms with Gasteiger partial charge in [-0.3, -0.25) is 9.20 Å². The predicted molar refractivity (Wildman–Crippen MR) is 83.0 cm³/mol. The fraction of sp³-hybridized carbons (Fsp3) is 0.214. The van der Waals surface area contributed by atoms with Gasteiger partial charge in [0.1, 0.15) is 11.4 Å². The topological polar surface area (TPSA) is 106 Å². The number of allylic oxidation sites excluding steroid dienone is 1. The molecular formula is C14H13ClN4O4. The maximum Gasteiger partial charge on any atom is 0.362 e. The molecule has 0 aliphatic heterocycles. The van der Waals surface area contributed by atoms with Crippen LogP contribution in [0.1, 0.15) is 6.92 Å². The number of carbonyl (C=O) groups excluding carboxylic acids is 1. The maximum atomic E-state index is 12.2. The summed E-state index contributed by atoms with van der Waals surface area (Å²) in [4.78, 5) is 28.0. The Morgan fingerprint density at radius 2 is 2.26 bits per heavy atom. The number of aliphatic hydroxyl groups excluding tert-OH is 1. The number of hydrogen-bond donors (Lipinski definition) is 1. The number of halogens is 1. The Morgan fingerprint density at radius 1 is 1.48 bits per heavy atom. The second kappa shape index (κ2) is 7.50. The molecule has 0 saturated heterocycles. The second-order valence-electron chi connectivity index (χ2n) is 4.23. The van der Waals surface area contributed by atoms with E-state index in [1.54, 1.807) is 25.1 Å². The van der Waals surface area contributed by atoms with E-state index in [2.05, 4.69) is 15.2 Å². The third-order valence-electron chi connectivity index (χ3n) is 2.72. The van der Waals surface area contributed by atoms with Crippen molar-refractivity contribution < 1.29 is 14.6 Å². The molecule has 120 valence electrons. The normalized spacial score (nSPS) is 12.4. The zero-order valence-electron chi connectivity index (χ0n) is 12.1. The van der Waals surface area contributed by atoms with Gasteiger partial charge in [-0.2, -0.15) is 0 Å². The fourth-order valence-corrected chi connectivity index (χ4v) is 1.80. The molecule has 9 heteroatoms. The molecule has 0 amide bonds. The van der Waals surface area contributed by atoms with Gasteiger partial charge in [0.2, 0.25) is 5.70 Å². The van der Waals surface area contributed by atoms with Crippen LogP contribution in [0.2, 0.25) is 0 Å². The first-order chi connectivity index (χ1) is 11.1. The molecule has 0 radical (unpaired) electrons. The Balaban J connectivity index is 2.43. The van der Waals surface area contributed by atoms with Crippen molar-refractivity contribution in [3.05, 3.63) is 52.4 Å². The number of alkyl halides is 1. The van der Waals surface area contributed by atoms with Gasteiger partial charge >= 0.3 is 5.97 Å². The minimum atomic E-state index is -0.886. The number of pyridine rings is 1. The van der Waals surface area contributed by atoms with Crippen LogP contribution in [-0.2, 0) is 9.53 Å². The fourth-order valence-electron chi connectivity index (χ4n) is 1.67. The maximum absolute atomic E-state index is 12.2. The van der Waals surface area contributed by atoms with Crippen LogP contribution in [0.15, 0.2) is 57.1 Å². The number of aromatic nitrogens is 2. The molecule has 8 nitrogen and oxygen atoms in total. The lowest BCUT2D eigenvalue weighted by Crippen LogP contribution is -2.13. The summed E-state index contributed by atoms with van der Waals surface area (Å²) in [5, 5.41) is 16.9. The first-order valence-electron chi connectivity index (χ1n) is 6.61. The Hall–Kier alpha value is -2.74. The van der Waals surface area contributed by atoms with E-state index >= 15 is 0 Å². The monoisotopic (exact) mass is 336 g/mol. The Labute approximate surface area is 135 Å². The number of fused-ring (bicyclic) bond motifs is 1. The average molecular weight is 337 g/mol. The number of ether oxygens (including phenoxy) is 1. The minimum absolute atomic E-state index is 0.0909. The molecule has 0 aliphatic carbocycles. The first kappa shape index (κ1) is 16.6. The summed E-state index contributed by atoms with van der Waals surface area (Å²) in [6.45, 7) is 1.69. The summed E-state index contributed by atoms with van der Waals surface area (Å²) >= 11 is 5.49. The van der Waals surface area contributed by atoms with Crippen LogP contribution >= 0.6 is 11.6 Å². The summed E-state index contributed by atoms with van der Waals surface area (Å²) in [5.41, 5.74) is -0.577. The third-order valence-corrected chi connectivity index (χ3v) is 2.97. The molecule has 23 heavy (non-hydrogen) atoms. The lowest BCUT2D eigenvalue weighted by molar-refractivity contribution is -0.138. The van der Waals surface area contributed by atoms with Crippen LogP contribution in [0, 0.1) is 0 Å². The van der Waals surface area contributed by atoms with Crippen LogP contribution in [0.25, 0.3) is 5.65 Å². The molecule has 1 N–H and O–H groups in total. The van der Waals surface area contributed by atoms with Gasteiger partial charge in [-0.25, -0.2) is 9.78 Å². The third kappa shape index (κ3) is 3.72. The van der Waals surface area contributed by atoms with Crippen molar-refractivity contribution in [3.8, 4) is 0 Å². The number of aliphatic hydroxyl groups is 1. The van der Waals surface area contributed by atoms with Crippen molar-refractivity contribution in [2.45, 2.75) is 6.92 Å².